The molecule has 2 N–H and O–H groups in total. The number of nitrogens with two attached hydrogens (primary N) is 1. The van der Waals surface area contributed by atoms with Crippen LogP contribution in [0.1, 0.15) is 12.0 Å². The molecular formula is C6H4ClF2N3O4S. The van der Waals surface area contributed by atoms with Crippen molar-refractivity contribution in [3.05, 3.63) is 27.0 Å². The number of aromatic nitrogens is 1. The molecule has 0 amide bonds. The zero-order valence-electron chi connectivity index (χ0n) is 7.80. The fraction of sp³-hybridized carbons (Fsp3) is 0.167. The summed E-state index contributed by atoms with van der Waals surface area (Å²) in [4.78, 5) is 11.3. The van der Waals surface area contributed by atoms with Crippen LogP contribution in [0.15, 0.2) is 11.1 Å². The summed E-state index contributed by atoms with van der Waals surface area (Å²) in [5.74, 6) is 0. The van der Waals surface area contributed by atoms with Crippen LogP contribution in [0.5, 0.6) is 0 Å². The number of rotatable bonds is 3. The van der Waals surface area contributed by atoms with Crippen molar-refractivity contribution in [2.75, 3.05) is 0 Å². The first-order valence-corrected chi connectivity index (χ1v) is 5.72. The highest BCUT2D eigenvalue weighted by Crippen LogP contribution is 2.37. The van der Waals surface area contributed by atoms with Crippen LogP contribution in [0, 0.1) is 10.1 Å². The van der Waals surface area contributed by atoms with Crippen LogP contribution < -0.4 is 5.14 Å². The number of halogens is 3. The van der Waals surface area contributed by atoms with Crippen molar-refractivity contribution in [1.82, 2.24) is 4.98 Å². The number of sulfonamides is 1. The largest absolute Gasteiger partial charge is 0.316 e. The number of nitrogens with zero attached hydrogens (tertiary/aromatic N) is 2. The SMILES string of the molecule is NS(=O)(=O)c1cnc(Cl)c([N+](=O)[O-])c1C(F)F. The van der Waals surface area contributed by atoms with Crippen LogP contribution in [-0.2, 0) is 10.0 Å². The van der Waals surface area contributed by atoms with Gasteiger partial charge in [0.2, 0.25) is 15.2 Å². The summed E-state index contributed by atoms with van der Waals surface area (Å²) >= 11 is 5.27. The Kier molecular flexibility index (Phi) is 3.59. The van der Waals surface area contributed by atoms with E-state index in [0.717, 1.165) is 0 Å². The van der Waals surface area contributed by atoms with E-state index in [1.54, 1.807) is 0 Å². The third-order valence-corrected chi connectivity index (χ3v) is 2.93. The van der Waals surface area contributed by atoms with Crippen molar-refractivity contribution in [3.8, 4) is 0 Å². The van der Waals surface area contributed by atoms with E-state index in [-0.39, 0.29) is 0 Å². The van der Waals surface area contributed by atoms with E-state index in [2.05, 4.69) is 10.1 Å². The minimum Gasteiger partial charge on any atom is -0.258 e. The molecule has 0 fully saturated rings. The van der Waals surface area contributed by atoms with Gasteiger partial charge in [-0.3, -0.25) is 10.1 Å². The molecule has 0 aliphatic heterocycles. The highest BCUT2D eigenvalue weighted by Gasteiger charge is 2.33. The van der Waals surface area contributed by atoms with E-state index in [1.807, 2.05) is 0 Å². The third-order valence-electron chi connectivity index (χ3n) is 1.72. The summed E-state index contributed by atoms with van der Waals surface area (Å²) in [5.41, 5.74) is -2.63. The van der Waals surface area contributed by atoms with Crippen LogP contribution in [-0.4, -0.2) is 18.3 Å². The molecular weight excluding hydrogens is 284 g/mol. The molecule has 17 heavy (non-hydrogen) atoms. The van der Waals surface area contributed by atoms with E-state index >= 15 is 0 Å². The van der Waals surface area contributed by atoms with E-state index < -0.39 is 42.7 Å². The molecule has 0 saturated heterocycles. The lowest BCUT2D eigenvalue weighted by Crippen LogP contribution is -2.16. The van der Waals surface area contributed by atoms with Crippen LogP contribution in [0.3, 0.4) is 0 Å². The van der Waals surface area contributed by atoms with Crippen molar-refractivity contribution in [1.29, 1.82) is 0 Å². The topological polar surface area (TPSA) is 116 Å². The highest BCUT2D eigenvalue weighted by atomic mass is 35.5. The standard InChI is InChI=1S/C6H4ClF2N3O4S/c7-5-4(12(13)14)3(6(8)9)2(1-11-5)17(10,15)16/h1,6H,(H2,10,15,16). The monoisotopic (exact) mass is 287 g/mol. The molecule has 0 spiro atoms. The molecule has 1 aromatic rings. The van der Waals surface area contributed by atoms with Gasteiger partial charge in [0.05, 0.1) is 4.92 Å². The molecule has 0 unspecified atom stereocenters. The molecule has 0 radical (unpaired) electrons. The zero-order chi connectivity index (χ0) is 13.4. The maximum atomic E-state index is 12.6. The van der Waals surface area contributed by atoms with Crippen LogP contribution in [0.25, 0.3) is 0 Å². The summed E-state index contributed by atoms with van der Waals surface area (Å²) in [6.45, 7) is 0. The zero-order valence-corrected chi connectivity index (χ0v) is 9.37. The van der Waals surface area contributed by atoms with Gasteiger partial charge in [0.1, 0.15) is 10.5 Å². The van der Waals surface area contributed by atoms with Gasteiger partial charge >= 0.3 is 5.69 Å². The fourth-order valence-corrected chi connectivity index (χ4v) is 2.00. The van der Waals surface area contributed by atoms with Crippen LogP contribution in [0.4, 0.5) is 14.5 Å². The van der Waals surface area contributed by atoms with Gasteiger partial charge in [0.25, 0.3) is 6.43 Å². The van der Waals surface area contributed by atoms with Crippen molar-refractivity contribution in [2.45, 2.75) is 11.3 Å². The Bertz CT molecular complexity index is 577. The Balaban J connectivity index is 3.78. The van der Waals surface area contributed by atoms with Gasteiger partial charge in [-0.05, 0) is 0 Å². The Morgan fingerprint density at radius 3 is 2.41 bits per heavy atom. The van der Waals surface area contributed by atoms with Gasteiger partial charge in [-0.15, -0.1) is 0 Å². The molecule has 1 aromatic heterocycles. The maximum absolute atomic E-state index is 12.6. The molecule has 1 heterocycles. The van der Waals surface area contributed by atoms with Gasteiger partial charge in [-0.2, -0.15) is 0 Å². The molecule has 0 bridgehead atoms. The van der Waals surface area contributed by atoms with E-state index in [4.69, 9.17) is 11.6 Å². The average molecular weight is 288 g/mol. The molecule has 0 atom stereocenters. The number of hydrogen-bond acceptors (Lipinski definition) is 5. The normalized spacial score (nSPS) is 11.8. The van der Waals surface area contributed by atoms with E-state index in [9.17, 15) is 27.3 Å². The summed E-state index contributed by atoms with van der Waals surface area (Å²) in [5, 5.41) is 14.4. The van der Waals surface area contributed by atoms with Crippen molar-refractivity contribution >= 4 is 27.3 Å². The predicted octanol–water partition coefficient (Wildman–Crippen LogP) is 1.23. The summed E-state index contributed by atoms with van der Waals surface area (Å²) in [7, 11) is -4.56. The first kappa shape index (κ1) is 13.7. The second kappa shape index (κ2) is 4.47. The first-order valence-electron chi connectivity index (χ1n) is 3.80. The lowest BCUT2D eigenvalue weighted by Gasteiger charge is -2.07. The van der Waals surface area contributed by atoms with Gasteiger partial charge in [-0.25, -0.2) is 27.3 Å². The number of alkyl halides is 2. The van der Waals surface area contributed by atoms with Crippen molar-refractivity contribution in [3.63, 3.8) is 0 Å². The lowest BCUT2D eigenvalue weighted by atomic mass is 10.2. The molecule has 11 heteroatoms. The molecule has 7 nitrogen and oxygen atoms in total. The summed E-state index contributed by atoms with van der Waals surface area (Å²) in [6.07, 6.45) is -2.98. The minimum atomic E-state index is -4.56. The van der Waals surface area contributed by atoms with Crippen LogP contribution in [0.2, 0.25) is 5.15 Å². The van der Waals surface area contributed by atoms with Gasteiger partial charge in [-0.1, -0.05) is 11.6 Å². The number of hydrogen-bond donors (Lipinski definition) is 1. The quantitative estimate of drug-likeness (QED) is 0.510. The van der Waals surface area contributed by atoms with E-state index in [1.165, 1.54) is 0 Å². The summed E-state index contributed by atoms with van der Waals surface area (Å²) in [6, 6.07) is 0. The molecule has 0 aliphatic rings. The van der Waals surface area contributed by atoms with Gasteiger partial charge in [0.15, 0.2) is 0 Å². The molecule has 0 saturated carbocycles. The predicted molar refractivity (Wildman–Crippen MR) is 52.2 cm³/mol. The number of pyridine rings is 1. The molecule has 94 valence electrons. The number of nitro groups is 1. The van der Waals surface area contributed by atoms with Gasteiger partial charge in [0, 0.05) is 6.20 Å². The first-order chi connectivity index (χ1) is 7.66. The van der Waals surface area contributed by atoms with E-state index in [0.29, 0.717) is 6.20 Å². The maximum Gasteiger partial charge on any atom is 0.316 e. The van der Waals surface area contributed by atoms with Crippen molar-refractivity contribution < 1.29 is 22.1 Å². The van der Waals surface area contributed by atoms with Crippen LogP contribution >= 0.6 is 11.6 Å². The third kappa shape index (κ3) is 2.65. The highest BCUT2D eigenvalue weighted by molar-refractivity contribution is 7.89. The lowest BCUT2D eigenvalue weighted by molar-refractivity contribution is -0.386. The second-order valence-corrected chi connectivity index (χ2v) is 4.67. The van der Waals surface area contributed by atoms with Gasteiger partial charge < -0.3 is 0 Å². The Morgan fingerprint density at radius 1 is 1.53 bits per heavy atom. The molecule has 0 aromatic carbocycles. The Labute approximate surface area is 98.4 Å². The average Bonchev–Trinajstić information content (AvgIpc) is 2.14. The summed E-state index contributed by atoms with van der Waals surface area (Å²) < 4.78 is 47.3. The number of primary sulfonamides is 1. The Hall–Kier alpha value is -1.39. The second-order valence-electron chi connectivity index (χ2n) is 2.78. The minimum absolute atomic E-state index is 0.451. The van der Waals surface area contributed by atoms with Crippen molar-refractivity contribution in [2.24, 2.45) is 5.14 Å². The Morgan fingerprint density at radius 2 is 2.06 bits per heavy atom. The molecule has 1 rings (SSSR count). The smallest absolute Gasteiger partial charge is 0.258 e. The molecule has 0 aliphatic carbocycles. The fourth-order valence-electron chi connectivity index (χ4n) is 1.09.